The molecule has 0 amide bonds. The SMILES string of the molecule is CC(C)(O)C(C)(C)OBc1cnn(CC2CCO2)c1. The summed E-state index contributed by atoms with van der Waals surface area (Å²) < 4.78 is 13.1. The lowest BCUT2D eigenvalue weighted by Gasteiger charge is -2.37. The summed E-state index contributed by atoms with van der Waals surface area (Å²) in [5, 5.41) is 14.3. The molecule has 0 saturated carbocycles. The molecule has 0 radical (unpaired) electrons. The first-order valence-electron chi connectivity index (χ1n) is 6.77. The van der Waals surface area contributed by atoms with Crippen molar-refractivity contribution in [2.24, 2.45) is 0 Å². The average molecular weight is 266 g/mol. The van der Waals surface area contributed by atoms with Crippen LogP contribution in [0.5, 0.6) is 0 Å². The Kier molecular flexibility index (Phi) is 4.04. The summed E-state index contributed by atoms with van der Waals surface area (Å²) >= 11 is 0. The minimum absolute atomic E-state index is 0.307. The van der Waals surface area contributed by atoms with Crippen LogP contribution >= 0.6 is 0 Å². The van der Waals surface area contributed by atoms with Crippen LogP contribution in [0.1, 0.15) is 34.1 Å². The van der Waals surface area contributed by atoms with Crippen LogP contribution in [0.25, 0.3) is 0 Å². The van der Waals surface area contributed by atoms with Gasteiger partial charge in [0.1, 0.15) is 0 Å². The normalized spacial score (nSPS) is 20.2. The molecule has 1 unspecified atom stereocenters. The lowest BCUT2D eigenvalue weighted by atomic mass is 9.84. The number of aliphatic hydroxyl groups is 1. The van der Waals surface area contributed by atoms with Crippen LogP contribution < -0.4 is 5.46 Å². The van der Waals surface area contributed by atoms with E-state index >= 15 is 0 Å². The van der Waals surface area contributed by atoms with Gasteiger partial charge in [-0.15, -0.1) is 0 Å². The predicted octanol–water partition coefficient (Wildman–Crippen LogP) is 0.215. The lowest BCUT2D eigenvalue weighted by Crippen LogP contribution is -2.49. The van der Waals surface area contributed by atoms with Gasteiger partial charge in [0.15, 0.2) is 0 Å². The lowest BCUT2D eigenvalue weighted by molar-refractivity contribution is -0.0893. The van der Waals surface area contributed by atoms with Crippen molar-refractivity contribution in [2.75, 3.05) is 6.61 Å². The van der Waals surface area contributed by atoms with Gasteiger partial charge in [0.2, 0.25) is 0 Å². The van der Waals surface area contributed by atoms with Crippen molar-refractivity contribution in [3.63, 3.8) is 0 Å². The first kappa shape index (κ1) is 14.6. The van der Waals surface area contributed by atoms with Crippen LogP contribution in [0.3, 0.4) is 0 Å². The molecule has 1 aliphatic heterocycles. The maximum absolute atomic E-state index is 10.0. The van der Waals surface area contributed by atoms with E-state index in [2.05, 4.69) is 5.10 Å². The van der Waals surface area contributed by atoms with Crippen molar-refractivity contribution in [3.8, 4) is 0 Å². The average Bonchev–Trinajstić information content (AvgIpc) is 2.67. The summed E-state index contributed by atoms with van der Waals surface area (Å²) in [5.41, 5.74) is -0.480. The Hall–Kier alpha value is -0.845. The second kappa shape index (κ2) is 5.27. The second-order valence-electron chi connectivity index (χ2n) is 6.21. The molecular weight excluding hydrogens is 243 g/mol. The van der Waals surface area contributed by atoms with E-state index < -0.39 is 11.2 Å². The summed E-state index contributed by atoms with van der Waals surface area (Å²) in [7, 11) is 0.447. The number of rotatable bonds is 6. The van der Waals surface area contributed by atoms with Gasteiger partial charge < -0.3 is 14.5 Å². The zero-order valence-electron chi connectivity index (χ0n) is 12.2. The molecule has 1 fully saturated rings. The third kappa shape index (κ3) is 3.58. The Labute approximate surface area is 115 Å². The molecule has 1 aliphatic rings. The van der Waals surface area contributed by atoms with E-state index in [0.717, 1.165) is 25.0 Å². The van der Waals surface area contributed by atoms with Crippen molar-refractivity contribution in [1.29, 1.82) is 0 Å². The Bertz CT molecular complexity index is 422. The Morgan fingerprint density at radius 1 is 1.53 bits per heavy atom. The number of nitrogens with zero attached hydrogens (tertiary/aromatic N) is 2. The molecule has 1 aromatic heterocycles. The zero-order valence-corrected chi connectivity index (χ0v) is 12.2. The van der Waals surface area contributed by atoms with Gasteiger partial charge in [0, 0.05) is 19.0 Å². The molecule has 1 saturated heterocycles. The molecule has 1 atom stereocenters. The highest BCUT2D eigenvalue weighted by molar-refractivity contribution is 6.46. The van der Waals surface area contributed by atoms with Crippen LogP contribution in [0.15, 0.2) is 12.4 Å². The van der Waals surface area contributed by atoms with Crippen molar-refractivity contribution in [1.82, 2.24) is 9.78 Å². The van der Waals surface area contributed by atoms with Gasteiger partial charge in [0.25, 0.3) is 0 Å². The van der Waals surface area contributed by atoms with Crippen molar-refractivity contribution < 1.29 is 14.5 Å². The molecule has 6 heteroatoms. The van der Waals surface area contributed by atoms with E-state index in [1.807, 2.05) is 24.7 Å². The summed E-state index contributed by atoms with van der Waals surface area (Å²) in [5.74, 6) is 0. The van der Waals surface area contributed by atoms with Gasteiger partial charge in [-0.05, 0) is 39.6 Å². The van der Waals surface area contributed by atoms with Crippen LogP contribution in [0.2, 0.25) is 0 Å². The van der Waals surface area contributed by atoms with Crippen LogP contribution in [0.4, 0.5) is 0 Å². The molecule has 0 spiro atoms. The molecule has 1 aromatic rings. The molecule has 0 aliphatic carbocycles. The van der Waals surface area contributed by atoms with E-state index in [1.165, 1.54) is 0 Å². The number of hydrogen-bond donors (Lipinski definition) is 1. The zero-order chi connectivity index (χ0) is 14.1. The summed E-state index contributed by atoms with van der Waals surface area (Å²) in [4.78, 5) is 0. The van der Waals surface area contributed by atoms with E-state index in [-0.39, 0.29) is 0 Å². The van der Waals surface area contributed by atoms with E-state index in [9.17, 15) is 5.11 Å². The highest BCUT2D eigenvalue weighted by Crippen LogP contribution is 2.24. The smallest absolute Gasteiger partial charge is 0.312 e. The van der Waals surface area contributed by atoms with E-state index in [4.69, 9.17) is 9.39 Å². The third-order valence-corrected chi connectivity index (χ3v) is 3.94. The molecule has 106 valence electrons. The Morgan fingerprint density at radius 3 is 2.74 bits per heavy atom. The number of ether oxygens (including phenoxy) is 1. The Morgan fingerprint density at radius 2 is 2.21 bits per heavy atom. The number of hydrogen-bond acceptors (Lipinski definition) is 4. The van der Waals surface area contributed by atoms with E-state index in [0.29, 0.717) is 13.6 Å². The maximum Gasteiger partial charge on any atom is 0.312 e. The minimum atomic E-state index is -0.886. The topological polar surface area (TPSA) is 56.5 Å². The predicted molar refractivity (Wildman–Crippen MR) is 74.8 cm³/mol. The molecule has 1 N–H and O–H groups in total. The summed E-state index contributed by atoms with van der Waals surface area (Å²) in [6, 6.07) is 0. The van der Waals surface area contributed by atoms with E-state index in [1.54, 1.807) is 20.0 Å². The summed E-state index contributed by atoms with van der Waals surface area (Å²) in [6.07, 6.45) is 5.19. The molecule has 5 nitrogen and oxygen atoms in total. The fourth-order valence-corrected chi connectivity index (χ4v) is 1.66. The second-order valence-corrected chi connectivity index (χ2v) is 6.21. The van der Waals surface area contributed by atoms with Crippen LogP contribution in [0, 0.1) is 0 Å². The minimum Gasteiger partial charge on any atom is -0.427 e. The largest absolute Gasteiger partial charge is 0.427 e. The molecule has 2 rings (SSSR count). The standard InChI is InChI=1S/C13H23BN2O3/c1-12(2,17)13(3,4)19-14-10-7-15-16(8-10)9-11-5-6-18-11/h7-8,11,14,17H,5-6,9H2,1-4H3. The first-order chi connectivity index (χ1) is 8.78. The number of aromatic nitrogens is 2. The quantitative estimate of drug-likeness (QED) is 0.748. The molecular formula is C13H23BN2O3. The fourth-order valence-electron chi connectivity index (χ4n) is 1.66. The fraction of sp³-hybridized carbons (Fsp3) is 0.769. The maximum atomic E-state index is 10.0. The molecule has 2 heterocycles. The van der Waals surface area contributed by atoms with Crippen molar-refractivity contribution >= 4 is 12.9 Å². The monoisotopic (exact) mass is 266 g/mol. The first-order valence-corrected chi connectivity index (χ1v) is 6.77. The molecule has 19 heavy (non-hydrogen) atoms. The van der Waals surface area contributed by atoms with Gasteiger partial charge in [-0.1, -0.05) is 0 Å². The third-order valence-electron chi connectivity index (χ3n) is 3.94. The van der Waals surface area contributed by atoms with Gasteiger partial charge in [-0.2, -0.15) is 5.10 Å². The highest BCUT2D eigenvalue weighted by Gasteiger charge is 2.35. The van der Waals surface area contributed by atoms with Crippen molar-refractivity contribution in [3.05, 3.63) is 12.4 Å². The van der Waals surface area contributed by atoms with Crippen LogP contribution in [-0.4, -0.2) is 46.3 Å². The summed E-state index contributed by atoms with van der Waals surface area (Å²) in [6.45, 7) is 8.95. The van der Waals surface area contributed by atoms with Crippen molar-refractivity contribution in [2.45, 2.75) is 58.0 Å². The highest BCUT2D eigenvalue weighted by atomic mass is 16.5. The Balaban J connectivity index is 1.86. The molecule has 0 aromatic carbocycles. The van der Waals surface area contributed by atoms with Gasteiger partial charge in [-0.3, -0.25) is 4.68 Å². The van der Waals surface area contributed by atoms with Gasteiger partial charge >= 0.3 is 7.48 Å². The van der Waals surface area contributed by atoms with Gasteiger partial charge in [-0.25, -0.2) is 0 Å². The molecule has 0 bridgehead atoms. The van der Waals surface area contributed by atoms with Crippen LogP contribution in [-0.2, 0) is 15.9 Å². The van der Waals surface area contributed by atoms with Gasteiger partial charge in [0.05, 0.1) is 23.9 Å².